The van der Waals surface area contributed by atoms with Gasteiger partial charge in [-0.05, 0) is 61.7 Å². The van der Waals surface area contributed by atoms with E-state index in [0.29, 0.717) is 11.3 Å². The van der Waals surface area contributed by atoms with Gasteiger partial charge < -0.3 is 16.0 Å². The second-order valence-corrected chi connectivity index (χ2v) is 7.35. The van der Waals surface area contributed by atoms with Crippen molar-refractivity contribution in [1.82, 2.24) is 5.32 Å². The number of hydrogen-bond donors (Lipinski definition) is 3. The van der Waals surface area contributed by atoms with E-state index in [9.17, 15) is 9.59 Å². The molecule has 0 bridgehead atoms. The molecule has 1 atom stereocenters. The van der Waals surface area contributed by atoms with Crippen molar-refractivity contribution in [2.45, 2.75) is 26.8 Å². The number of benzene rings is 3. The molecule has 0 aromatic heterocycles. The standard InChI is InChI=1S/C25H27N3O2/c1-17-8-7-9-18(2)24(17)26-16-23(29)28-22-14-12-21(13-15-22)25(30)27-19(3)20-10-5-4-6-11-20/h4-15,19,26H,16H2,1-3H3,(H,27,30)(H,28,29). The molecule has 154 valence electrons. The van der Waals surface area contributed by atoms with Crippen molar-refractivity contribution in [2.75, 3.05) is 17.2 Å². The Labute approximate surface area is 177 Å². The summed E-state index contributed by atoms with van der Waals surface area (Å²) in [4.78, 5) is 24.8. The number of rotatable bonds is 7. The molecular weight excluding hydrogens is 374 g/mol. The van der Waals surface area contributed by atoms with Crippen LogP contribution in [0.5, 0.6) is 0 Å². The van der Waals surface area contributed by atoms with Crippen molar-refractivity contribution in [2.24, 2.45) is 0 Å². The Bertz CT molecular complexity index is 994. The third-order valence-corrected chi connectivity index (χ3v) is 4.98. The summed E-state index contributed by atoms with van der Waals surface area (Å²) < 4.78 is 0. The van der Waals surface area contributed by atoms with Crippen molar-refractivity contribution in [3.8, 4) is 0 Å². The van der Waals surface area contributed by atoms with Crippen LogP contribution in [0.15, 0.2) is 72.8 Å². The summed E-state index contributed by atoms with van der Waals surface area (Å²) in [5.74, 6) is -0.298. The van der Waals surface area contributed by atoms with Crippen LogP contribution < -0.4 is 16.0 Å². The van der Waals surface area contributed by atoms with Gasteiger partial charge in [-0.2, -0.15) is 0 Å². The number of amides is 2. The Morgan fingerprint density at radius 3 is 2.10 bits per heavy atom. The maximum absolute atomic E-state index is 12.5. The highest BCUT2D eigenvalue weighted by atomic mass is 16.2. The van der Waals surface area contributed by atoms with E-state index in [0.717, 1.165) is 22.4 Å². The van der Waals surface area contributed by atoms with Crippen LogP contribution in [0.1, 0.15) is 40.0 Å². The van der Waals surface area contributed by atoms with Crippen LogP contribution in [-0.4, -0.2) is 18.4 Å². The molecule has 3 aromatic carbocycles. The van der Waals surface area contributed by atoms with Crippen LogP contribution >= 0.6 is 0 Å². The zero-order valence-electron chi connectivity index (χ0n) is 17.5. The van der Waals surface area contributed by atoms with E-state index in [-0.39, 0.29) is 24.4 Å². The van der Waals surface area contributed by atoms with E-state index in [4.69, 9.17) is 0 Å². The molecule has 3 rings (SSSR count). The quantitative estimate of drug-likeness (QED) is 0.530. The first-order valence-corrected chi connectivity index (χ1v) is 10.00. The molecule has 3 N–H and O–H groups in total. The minimum absolute atomic E-state index is 0.0888. The first-order valence-electron chi connectivity index (χ1n) is 10.00. The van der Waals surface area contributed by atoms with Crippen molar-refractivity contribution >= 4 is 23.2 Å². The Hall–Kier alpha value is -3.60. The van der Waals surface area contributed by atoms with E-state index in [1.54, 1.807) is 24.3 Å². The number of para-hydroxylation sites is 1. The second kappa shape index (κ2) is 9.74. The van der Waals surface area contributed by atoms with E-state index in [1.165, 1.54) is 0 Å². The molecule has 0 heterocycles. The van der Waals surface area contributed by atoms with Crippen LogP contribution in [0.4, 0.5) is 11.4 Å². The van der Waals surface area contributed by atoms with Gasteiger partial charge in [-0.1, -0.05) is 48.5 Å². The molecule has 0 aliphatic carbocycles. The predicted octanol–water partition coefficient (Wildman–Crippen LogP) is 4.85. The second-order valence-electron chi connectivity index (χ2n) is 7.35. The zero-order chi connectivity index (χ0) is 21.5. The lowest BCUT2D eigenvalue weighted by molar-refractivity contribution is -0.114. The minimum atomic E-state index is -0.152. The molecule has 0 saturated heterocycles. The molecule has 0 saturated carbocycles. The van der Waals surface area contributed by atoms with Gasteiger partial charge in [0.25, 0.3) is 5.91 Å². The summed E-state index contributed by atoms with van der Waals surface area (Å²) in [6.45, 7) is 6.14. The lowest BCUT2D eigenvalue weighted by atomic mass is 10.1. The van der Waals surface area contributed by atoms with Gasteiger partial charge >= 0.3 is 0 Å². The maximum atomic E-state index is 12.5. The van der Waals surface area contributed by atoms with Crippen molar-refractivity contribution in [3.05, 3.63) is 95.1 Å². The van der Waals surface area contributed by atoms with Crippen molar-refractivity contribution in [1.29, 1.82) is 0 Å². The van der Waals surface area contributed by atoms with E-state index < -0.39 is 0 Å². The highest BCUT2D eigenvalue weighted by Crippen LogP contribution is 2.19. The summed E-state index contributed by atoms with van der Waals surface area (Å²) in [6, 6.07) is 22.6. The molecule has 0 aliphatic heterocycles. The Morgan fingerprint density at radius 1 is 0.833 bits per heavy atom. The third-order valence-electron chi connectivity index (χ3n) is 4.98. The van der Waals surface area contributed by atoms with Gasteiger partial charge in [0.1, 0.15) is 0 Å². The number of hydrogen-bond acceptors (Lipinski definition) is 3. The van der Waals surface area contributed by atoms with Crippen LogP contribution in [0, 0.1) is 13.8 Å². The van der Waals surface area contributed by atoms with Gasteiger partial charge in [-0.15, -0.1) is 0 Å². The van der Waals surface area contributed by atoms with Crippen LogP contribution in [0.2, 0.25) is 0 Å². The normalized spacial score (nSPS) is 11.4. The first kappa shape index (κ1) is 21.1. The molecule has 2 amide bonds. The summed E-state index contributed by atoms with van der Waals surface area (Å²) in [5, 5.41) is 9.03. The van der Waals surface area contributed by atoms with E-state index in [1.807, 2.05) is 69.3 Å². The molecule has 30 heavy (non-hydrogen) atoms. The highest BCUT2D eigenvalue weighted by molar-refractivity contribution is 5.97. The molecule has 3 aromatic rings. The number of carbonyl (C=O) groups excluding carboxylic acids is 2. The fourth-order valence-electron chi connectivity index (χ4n) is 3.28. The largest absolute Gasteiger partial charge is 0.376 e. The van der Waals surface area contributed by atoms with Gasteiger partial charge in [0.2, 0.25) is 5.91 Å². The molecular formula is C25H27N3O2. The molecule has 1 unspecified atom stereocenters. The van der Waals surface area contributed by atoms with Gasteiger partial charge in [-0.3, -0.25) is 9.59 Å². The Balaban J connectivity index is 1.53. The van der Waals surface area contributed by atoms with E-state index >= 15 is 0 Å². The molecule has 5 heteroatoms. The topological polar surface area (TPSA) is 70.2 Å². The van der Waals surface area contributed by atoms with Gasteiger partial charge in [0, 0.05) is 16.9 Å². The monoisotopic (exact) mass is 401 g/mol. The Morgan fingerprint density at radius 2 is 1.47 bits per heavy atom. The SMILES string of the molecule is Cc1cccc(C)c1NCC(=O)Nc1ccc(C(=O)NC(C)c2ccccc2)cc1. The summed E-state index contributed by atoms with van der Waals surface area (Å²) in [5.41, 5.74) is 5.42. The fourth-order valence-corrected chi connectivity index (χ4v) is 3.28. The fraction of sp³-hybridized carbons (Fsp3) is 0.200. The average molecular weight is 402 g/mol. The number of nitrogens with one attached hydrogen (secondary N) is 3. The zero-order valence-corrected chi connectivity index (χ0v) is 17.5. The molecule has 0 fully saturated rings. The molecule has 0 aliphatic rings. The summed E-state index contributed by atoms with van der Waals surface area (Å²) in [7, 11) is 0. The lowest BCUT2D eigenvalue weighted by Crippen LogP contribution is -2.26. The Kier molecular flexibility index (Phi) is 6.86. The van der Waals surface area contributed by atoms with Crippen LogP contribution in [0.25, 0.3) is 0 Å². The van der Waals surface area contributed by atoms with Gasteiger partial charge in [-0.25, -0.2) is 0 Å². The molecule has 0 spiro atoms. The smallest absolute Gasteiger partial charge is 0.251 e. The predicted molar refractivity (Wildman–Crippen MR) is 122 cm³/mol. The summed E-state index contributed by atoms with van der Waals surface area (Å²) >= 11 is 0. The van der Waals surface area contributed by atoms with Crippen LogP contribution in [0.3, 0.4) is 0 Å². The number of anilines is 2. The maximum Gasteiger partial charge on any atom is 0.251 e. The minimum Gasteiger partial charge on any atom is -0.376 e. The number of carbonyl (C=O) groups is 2. The van der Waals surface area contributed by atoms with Gasteiger partial charge in [0.15, 0.2) is 0 Å². The number of aryl methyl sites for hydroxylation is 2. The molecule has 0 radical (unpaired) electrons. The van der Waals surface area contributed by atoms with Crippen molar-refractivity contribution < 1.29 is 9.59 Å². The third kappa shape index (κ3) is 5.47. The first-order chi connectivity index (χ1) is 14.4. The summed E-state index contributed by atoms with van der Waals surface area (Å²) in [6.07, 6.45) is 0. The van der Waals surface area contributed by atoms with Crippen LogP contribution in [-0.2, 0) is 4.79 Å². The molecule has 5 nitrogen and oxygen atoms in total. The highest BCUT2D eigenvalue weighted by Gasteiger charge is 2.12. The van der Waals surface area contributed by atoms with E-state index in [2.05, 4.69) is 16.0 Å². The van der Waals surface area contributed by atoms with Gasteiger partial charge in [0.05, 0.1) is 12.6 Å². The van der Waals surface area contributed by atoms with Crippen molar-refractivity contribution in [3.63, 3.8) is 0 Å². The lowest BCUT2D eigenvalue weighted by Gasteiger charge is -2.15. The average Bonchev–Trinajstić information content (AvgIpc) is 2.74.